The van der Waals surface area contributed by atoms with E-state index in [1.807, 2.05) is 18.2 Å². The van der Waals surface area contributed by atoms with Crippen LogP contribution in [-0.4, -0.2) is 24.4 Å². The molecule has 1 atom stereocenters. The minimum absolute atomic E-state index is 0.272. The molecule has 3 rings (SSSR count). The minimum Gasteiger partial charge on any atom is -0.467 e. The summed E-state index contributed by atoms with van der Waals surface area (Å²) >= 11 is 1.72. The van der Waals surface area contributed by atoms with E-state index in [1.165, 1.54) is 10.1 Å². The van der Waals surface area contributed by atoms with Crippen LogP contribution in [0.2, 0.25) is 0 Å². The highest BCUT2D eigenvalue weighted by atomic mass is 32.1. The van der Waals surface area contributed by atoms with Gasteiger partial charge >= 0.3 is 0 Å². The van der Waals surface area contributed by atoms with E-state index < -0.39 is 6.10 Å². The highest BCUT2D eigenvalue weighted by Crippen LogP contribution is 2.23. The van der Waals surface area contributed by atoms with E-state index in [1.54, 1.807) is 17.6 Å². The highest BCUT2D eigenvalue weighted by Gasteiger charge is 2.06. The topological polar surface area (TPSA) is 54.6 Å². The zero-order valence-corrected chi connectivity index (χ0v) is 12.3. The Kier molecular flexibility index (Phi) is 4.55. The maximum absolute atomic E-state index is 9.90. The summed E-state index contributed by atoms with van der Waals surface area (Å²) in [6, 6.07) is 12.0. The zero-order chi connectivity index (χ0) is 14.5. The highest BCUT2D eigenvalue weighted by molar-refractivity contribution is 7.17. The van der Waals surface area contributed by atoms with Gasteiger partial charge < -0.3 is 19.6 Å². The Labute approximate surface area is 127 Å². The van der Waals surface area contributed by atoms with Crippen molar-refractivity contribution in [2.24, 2.45) is 0 Å². The van der Waals surface area contributed by atoms with Crippen LogP contribution in [0.5, 0.6) is 0 Å². The van der Waals surface area contributed by atoms with E-state index in [4.69, 9.17) is 9.15 Å². The molecule has 2 aromatic heterocycles. The molecule has 0 aliphatic heterocycles. The van der Waals surface area contributed by atoms with Gasteiger partial charge in [-0.1, -0.05) is 0 Å². The van der Waals surface area contributed by atoms with Crippen LogP contribution in [0.25, 0.3) is 10.1 Å². The van der Waals surface area contributed by atoms with Crippen LogP contribution in [-0.2, 0) is 11.3 Å². The van der Waals surface area contributed by atoms with Crippen molar-refractivity contribution in [3.05, 3.63) is 53.8 Å². The fraction of sp³-hybridized carbons (Fsp3) is 0.250. The Hall–Kier alpha value is -1.82. The van der Waals surface area contributed by atoms with Crippen molar-refractivity contribution in [2.75, 3.05) is 18.5 Å². The van der Waals surface area contributed by atoms with Crippen molar-refractivity contribution < 1.29 is 14.3 Å². The number of hydrogen-bond donors (Lipinski definition) is 2. The van der Waals surface area contributed by atoms with E-state index >= 15 is 0 Å². The quantitative estimate of drug-likeness (QED) is 0.701. The third kappa shape index (κ3) is 3.85. The summed E-state index contributed by atoms with van der Waals surface area (Å²) in [5, 5.41) is 16.4. The van der Waals surface area contributed by atoms with Crippen LogP contribution in [0.15, 0.2) is 52.5 Å². The predicted molar refractivity (Wildman–Crippen MR) is 84.7 cm³/mol. The molecule has 0 saturated carbocycles. The molecule has 0 amide bonds. The van der Waals surface area contributed by atoms with E-state index in [0.29, 0.717) is 13.2 Å². The summed E-state index contributed by atoms with van der Waals surface area (Å²) < 4.78 is 11.8. The average Bonchev–Trinajstić information content (AvgIpc) is 3.15. The number of aliphatic hydroxyl groups excluding tert-OH is 1. The number of nitrogens with one attached hydrogen (secondary N) is 1. The van der Waals surface area contributed by atoms with Crippen molar-refractivity contribution in [3.63, 3.8) is 0 Å². The van der Waals surface area contributed by atoms with E-state index in [0.717, 1.165) is 11.4 Å². The maximum atomic E-state index is 9.90. The molecule has 2 heterocycles. The molecule has 1 unspecified atom stereocenters. The molecule has 4 nitrogen and oxygen atoms in total. The van der Waals surface area contributed by atoms with Gasteiger partial charge in [0.2, 0.25) is 0 Å². The Morgan fingerprint density at radius 2 is 2.24 bits per heavy atom. The third-order valence-corrected chi connectivity index (χ3v) is 4.03. The number of furan rings is 1. The van der Waals surface area contributed by atoms with Crippen LogP contribution in [0.4, 0.5) is 5.69 Å². The SMILES string of the molecule is OC(CNc1ccc2sccc2c1)COCc1ccco1. The molecule has 5 heteroatoms. The third-order valence-electron chi connectivity index (χ3n) is 3.13. The number of aliphatic hydroxyl groups is 1. The van der Waals surface area contributed by atoms with Crippen LogP contribution >= 0.6 is 11.3 Å². The molecular formula is C16H17NO3S. The van der Waals surface area contributed by atoms with E-state index in [9.17, 15) is 5.11 Å². The van der Waals surface area contributed by atoms with Gasteiger partial charge in [-0.05, 0) is 47.2 Å². The molecular weight excluding hydrogens is 286 g/mol. The van der Waals surface area contributed by atoms with Gasteiger partial charge in [0.05, 0.1) is 19.0 Å². The Morgan fingerprint density at radius 3 is 3.10 bits per heavy atom. The van der Waals surface area contributed by atoms with Crippen LogP contribution in [0.3, 0.4) is 0 Å². The van der Waals surface area contributed by atoms with Gasteiger partial charge in [0.25, 0.3) is 0 Å². The Balaban J connectivity index is 1.43. The lowest BCUT2D eigenvalue weighted by Crippen LogP contribution is -2.24. The van der Waals surface area contributed by atoms with Crippen molar-refractivity contribution in [1.82, 2.24) is 0 Å². The first kappa shape index (κ1) is 14.1. The molecule has 0 spiro atoms. The number of hydrogen-bond acceptors (Lipinski definition) is 5. The van der Waals surface area contributed by atoms with Crippen LogP contribution in [0, 0.1) is 0 Å². The van der Waals surface area contributed by atoms with Crippen molar-refractivity contribution in [1.29, 1.82) is 0 Å². The number of fused-ring (bicyclic) bond motifs is 1. The lowest BCUT2D eigenvalue weighted by molar-refractivity contribution is 0.0282. The number of rotatable bonds is 7. The van der Waals surface area contributed by atoms with Crippen molar-refractivity contribution in [3.8, 4) is 0 Å². The summed E-state index contributed by atoms with van der Waals surface area (Å²) in [6.45, 7) is 1.10. The molecule has 0 aliphatic carbocycles. The van der Waals surface area contributed by atoms with Gasteiger partial charge in [-0.2, -0.15) is 0 Å². The Morgan fingerprint density at radius 1 is 1.29 bits per heavy atom. The predicted octanol–water partition coefficient (Wildman–Crippen LogP) is 3.48. The van der Waals surface area contributed by atoms with Crippen LogP contribution in [0.1, 0.15) is 5.76 Å². The lowest BCUT2D eigenvalue weighted by Gasteiger charge is -2.13. The fourth-order valence-electron chi connectivity index (χ4n) is 2.06. The van der Waals surface area contributed by atoms with Crippen molar-refractivity contribution in [2.45, 2.75) is 12.7 Å². The molecule has 0 radical (unpaired) electrons. The molecule has 3 aromatic rings. The number of benzene rings is 1. The maximum Gasteiger partial charge on any atom is 0.129 e. The summed E-state index contributed by atoms with van der Waals surface area (Å²) in [5.41, 5.74) is 1.01. The van der Waals surface area contributed by atoms with Gasteiger partial charge in [-0.25, -0.2) is 0 Å². The fourth-order valence-corrected chi connectivity index (χ4v) is 2.83. The monoisotopic (exact) mass is 303 g/mol. The van der Waals surface area contributed by atoms with Gasteiger partial charge in [-0.3, -0.25) is 0 Å². The molecule has 0 aliphatic rings. The zero-order valence-electron chi connectivity index (χ0n) is 11.5. The largest absolute Gasteiger partial charge is 0.467 e. The summed E-state index contributed by atoms with van der Waals surface area (Å²) in [5.74, 6) is 0.762. The van der Waals surface area contributed by atoms with E-state index in [2.05, 4.69) is 28.9 Å². The number of thiophene rings is 1. The average molecular weight is 303 g/mol. The first-order valence-corrected chi connectivity index (χ1v) is 7.68. The molecule has 1 aromatic carbocycles. The molecule has 110 valence electrons. The van der Waals surface area contributed by atoms with Gasteiger partial charge in [0, 0.05) is 16.9 Å². The summed E-state index contributed by atoms with van der Waals surface area (Å²) in [4.78, 5) is 0. The second-order valence-electron chi connectivity index (χ2n) is 4.80. The smallest absolute Gasteiger partial charge is 0.129 e. The summed E-state index contributed by atoms with van der Waals surface area (Å²) in [7, 11) is 0. The van der Waals surface area contributed by atoms with Crippen molar-refractivity contribution >= 4 is 27.1 Å². The van der Waals surface area contributed by atoms with Crippen LogP contribution < -0.4 is 5.32 Å². The van der Waals surface area contributed by atoms with Gasteiger partial charge in [-0.15, -0.1) is 11.3 Å². The van der Waals surface area contributed by atoms with E-state index in [-0.39, 0.29) is 6.61 Å². The molecule has 21 heavy (non-hydrogen) atoms. The lowest BCUT2D eigenvalue weighted by atomic mass is 10.2. The Bertz CT molecular complexity index is 678. The second-order valence-corrected chi connectivity index (χ2v) is 5.75. The first-order chi connectivity index (χ1) is 10.3. The van der Waals surface area contributed by atoms with Gasteiger partial charge in [0.1, 0.15) is 12.4 Å². The molecule has 0 fully saturated rings. The van der Waals surface area contributed by atoms with Gasteiger partial charge in [0.15, 0.2) is 0 Å². The number of ether oxygens (including phenoxy) is 1. The molecule has 0 bridgehead atoms. The molecule has 0 saturated heterocycles. The standard InChI is InChI=1S/C16H17NO3S/c18-14(10-19-11-15-2-1-6-20-15)9-17-13-3-4-16-12(8-13)5-7-21-16/h1-8,14,17-18H,9-11H2. The first-order valence-electron chi connectivity index (χ1n) is 6.80. The minimum atomic E-state index is -0.557. The second kappa shape index (κ2) is 6.76. The summed E-state index contributed by atoms with van der Waals surface area (Å²) in [6.07, 6.45) is 1.05. The normalized spacial score (nSPS) is 12.6. The molecule has 2 N–H and O–H groups in total. The number of anilines is 1.